The van der Waals surface area contributed by atoms with Crippen LogP contribution in [0.4, 0.5) is 5.69 Å². The number of piperazine rings is 1. The SMILES string of the molecule is CN1CCN(c2cnn3cc(-c4cnn(CCCN5CCOCC5)c4)ccc23)CC1. The predicted molar refractivity (Wildman–Crippen MR) is 118 cm³/mol. The van der Waals surface area contributed by atoms with Crippen LogP contribution in [-0.2, 0) is 11.3 Å². The zero-order valence-electron chi connectivity index (χ0n) is 17.8. The Hall–Kier alpha value is -2.42. The van der Waals surface area contributed by atoms with E-state index in [0.717, 1.165) is 83.1 Å². The molecule has 0 unspecified atom stereocenters. The Labute approximate surface area is 177 Å². The Balaban J connectivity index is 1.24. The third kappa shape index (κ3) is 4.21. The predicted octanol–water partition coefficient (Wildman–Crippen LogP) is 1.67. The van der Waals surface area contributed by atoms with E-state index in [4.69, 9.17) is 4.74 Å². The van der Waals surface area contributed by atoms with Crippen molar-refractivity contribution in [1.82, 2.24) is 29.2 Å². The summed E-state index contributed by atoms with van der Waals surface area (Å²) in [7, 11) is 2.18. The molecule has 0 aliphatic carbocycles. The molecule has 3 aromatic rings. The smallest absolute Gasteiger partial charge is 0.0896 e. The van der Waals surface area contributed by atoms with Crippen molar-refractivity contribution in [3.63, 3.8) is 0 Å². The molecule has 5 heterocycles. The fourth-order valence-corrected chi connectivity index (χ4v) is 4.35. The lowest BCUT2D eigenvalue weighted by Crippen LogP contribution is -2.44. The molecular weight excluding hydrogens is 378 g/mol. The molecule has 0 amide bonds. The molecule has 0 saturated carbocycles. The van der Waals surface area contributed by atoms with Gasteiger partial charge in [-0.15, -0.1) is 0 Å². The van der Waals surface area contributed by atoms with Gasteiger partial charge in [0.2, 0.25) is 0 Å². The van der Waals surface area contributed by atoms with Crippen molar-refractivity contribution in [2.75, 3.05) is 71.0 Å². The summed E-state index contributed by atoms with van der Waals surface area (Å²) in [6, 6.07) is 4.37. The summed E-state index contributed by atoms with van der Waals surface area (Å²) in [6.07, 6.45) is 9.32. The lowest BCUT2D eigenvalue weighted by molar-refractivity contribution is 0.0368. The number of ether oxygens (including phenoxy) is 1. The van der Waals surface area contributed by atoms with Crippen LogP contribution in [0.3, 0.4) is 0 Å². The van der Waals surface area contributed by atoms with Crippen molar-refractivity contribution in [3.05, 3.63) is 36.9 Å². The van der Waals surface area contributed by atoms with Crippen LogP contribution < -0.4 is 4.90 Å². The molecule has 0 atom stereocenters. The second kappa shape index (κ2) is 8.75. The number of pyridine rings is 1. The molecule has 8 heteroatoms. The van der Waals surface area contributed by atoms with E-state index in [9.17, 15) is 0 Å². The molecule has 0 N–H and O–H groups in total. The molecule has 0 radical (unpaired) electrons. The number of fused-ring (bicyclic) bond motifs is 1. The van der Waals surface area contributed by atoms with Gasteiger partial charge in [0.1, 0.15) is 0 Å². The van der Waals surface area contributed by atoms with E-state index in [1.54, 1.807) is 0 Å². The number of morpholine rings is 1. The number of likely N-dealkylation sites (N-methyl/N-ethyl adjacent to an activating group) is 1. The Morgan fingerprint density at radius 3 is 2.53 bits per heavy atom. The van der Waals surface area contributed by atoms with Crippen LogP contribution in [0.15, 0.2) is 36.9 Å². The van der Waals surface area contributed by atoms with Crippen molar-refractivity contribution in [1.29, 1.82) is 0 Å². The summed E-state index contributed by atoms with van der Waals surface area (Å²) in [5, 5.41) is 9.20. The Morgan fingerprint density at radius 2 is 1.70 bits per heavy atom. The van der Waals surface area contributed by atoms with E-state index in [1.165, 1.54) is 11.2 Å². The van der Waals surface area contributed by atoms with Crippen molar-refractivity contribution < 1.29 is 4.74 Å². The minimum Gasteiger partial charge on any atom is -0.379 e. The highest BCUT2D eigenvalue weighted by Gasteiger charge is 2.18. The highest BCUT2D eigenvalue weighted by Crippen LogP contribution is 2.26. The Kier molecular flexibility index (Phi) is 5.70. The number of aromatic nitrogens is 4. The third-order valence-electron chi connectivity index (χ3n) is 6.27. The molecule has 3 aromatic heterocycles. The zero-order chi connectivity index (χ0) is 20.3. The number of aryl methyl sites for hydroxylation is 1. The van der Waals surface area contributed by atoms with Crippen LogP contribution in [0.2, 0.25) is 0 Å². The van der Waals surface area contributed by atoms with Gasteiger partial charge in [-0.1, -0.05) is 6.07 Å². The molecule has 2 saturated heterocycles. The lowest BCUT2D eigenvalue weighted by Gasteiger charge is -2.33. The van der Waals surface area contributed by atoms with Gasteiger partial charge in [-0.25, -0.2) is 4.52 Å². The largest absolute Gasteiger partial charge is 0.379 e. The summed E-state index contributed by atoms with van der Waals surface area (Å²) in [5.74, 6) is 0. The van der Waals surface area contributed by atoms with Crippen LogP contribution in [0.25, 0.3) is 16.6 Å². The van der Waals surface area contributed by atoms with Crippen LogP contribution >= 0.6 is 0 Å². The molecule has 160 valence electrons. The number of nitrogens with zero attached hydrogens (tertiary/aromatic N) is 7. The van der Waals surface area contributed by atoms with E-state index in [0.29, 0.717) is 0 Å². The molecule has 8 nitrogen and oxygen atoms in total. The normalized spacial score (nSPS) is 19.0. The highest BCUT2D eigenvalue weighted by molar-refractivity contribution is 5.75. The summed E-state index contributed by atoms with van der Waals surface area (Å²) < 4.78 is 9.47. The maximum absolute atomic E-state index is 5.42. The highest BCUT2D eigenvalue weighted by atomic mass is 16.5. The van der Waals surface area contributed by atoms with E-state index in [2.05, 4.69) is 61.2 Å². The average molecular weight is 410 g/mol. The zero-order valence-corrected chi connectivity index (χ0v) is 17.8. The minimum atomic E-state index is 0.859. The van der Waals surface area contributed by atoms with Crippen LogP contribution in [0.1, 0.15) is 6.42 Å². The van der Waals surface area contributed by atoms with Crippen LogP contribution in [0, 0.1) is 0 Å². The van der Waals surface area contributed by atoms with Gasteiger partial charge in [0, 0.05) is 75.9 Å². The lowest BCUT2D eigenvalue weighted by atomic mass is 10.1. The van der Waals surface area contributed by atoms with E-state index in [-0.39, 0.29) is 0 Å². The standard InChI is InChI=1S/C22H31N7O/c1-25-7-9-27(10-8-25)22-16-24-29-18-19(3-4-21(22)29)20-15-23-28(17-20)6-2-5-26-11-13-30-14-12-26/h3-4,15-18H,2,5-14H2,1H3. The van der Waals surface area contributed by atoms with Crippen molar-refractivity contribution >= 4 is 11.2 Å². The summed E-state index contributed by atoms with van der Waals surface area (Å²) in [6.45, 7) is 10.2. The van der Waals surface area contributed by atoms with Crippen molar-refractivity contribution in [2.45, 2.75) is 13.0 Å². The fourth-order valence-electron chi connectivity index (χ4n) is 4.35. The van der Waals surface area contributed by atoms with Gasteiger partial charge in [0.15, 0.2) is 0 Å². The topological polar surface area (TPSA) is 54.1 Å². The fraction of sp³-hybridized carbons (Fsp3) is 0.545. The number of rotatable bonds is 6. The number of hydrogen-bond acceptors (Lipinski definition) is 6. The second-order valence-electron chi connectivity index (χ2n) is 8.37. The maximum Gasteiger partial charge on any atom is 0.0896 e. The molecule has 2 aliphatic rings. The Bertz CT molecular complexity index is 967. The molecule has 2 fully saturated rings. The van der Waals surface area contributed by atoms with Gasteiger partial charge < -0.3 is 14.5 Å². The van der Waals surface area contributed by atoms with Crippen molar-refractivity contribution in [2.24, 2.45) is 0 Å². The summed E-state index contributed by atoms with van der Waals surface area (Å²) >= 11 is 0. The first-order chi connectivity index (χ1) is 14.8. The third-order valence-corrected chi connectivity index (χ3v) is 6.27. The van der Waals surface area contributed by atoms with Crippen LogP contribution in [-0.4, -0.2) is 95.3 Å². The van der Waals surface area contributed by atoms with Gasteiger partial charge in [0.25, 0.3) is 0 Å². The Morgan fingerprint density at radius 1 is 0.867 bits per heavy atom. The summed E-state index contributed by atoms with van der Waals surface area (Å²) in [5.41, 5.74) is 4.68. The minimum absolute atomic E-state index is 0.859. The van der Waals surface area contributed by atoms with E-state index in [1.807, 2.05) is 16.9 Å². The first-order valence-corrected chi connectivity index (χ1v) is 11.0. The van der Waals surface area contributed by atoms with Gasteiger partial charge in [-0.3, -0.25) is 9.58 Å². The van der Waals surface area contributed by atoms with Crippen LogP contribution in [0.5, 0.6) is 0 Å². The monoisotopic (exact) mass is 409 g/mol. The second-order valence-corrected chi connectivity index (χ2v) is 8.37. The van der Waals surface area contributed by atoms with Crippen molar-refractivity contribution in [3.8, 4) is 11.1 Å². The maximum atomic E-state index is 5.42. The number of hydrogen-bond donors (Lipinski definition) is 0. The first kappa shape index (κ1) is 19.5. The average Bonchev–Trinajstić information content (AvgIpc) is 3.42. The van der Waals surface area contributed by atoms with Gasteiger partial charge in [0.05, 0.1) is 36.8 Å². The molecule has 0 bridgehead atoms. The van der Waals surface area contributed by atoms with Gasteiger partial charge >= 0.3 is 0 Å². The molecular formula is C22H31N7O. The molecule has 0 spiro atoms. The van der Waals surface area contributed by atoms with Gasteiger partial charge in [-0.2, -0.15) is 10.2 Å². The van der Waals surface area contributed by atoms with Gasteiger partial charge in [-0.05, 0) is 19.5 Å². The molecule has 0 aromatic carbocycles. The molecule has 30 heavy (non-hydrogen) atoms. The molecule has 5 rings (SSSR count). The van der Waals surface area contributed by atoms with E-state index < -0.39 is 0 Å². The van der Waals surface area contributed by atoms with E-state index >= 15 is 0 Å². The number of anilines is 1. The quantitative estimate of drug-likeness (QED) is 0.617. The summed E-state index contributed by atoms with van der Waals surface area (Å²) in [4.78, 5) is 7.28. The first-order valence-electron chi connectivity index (χ1n) is 11.0. The molecule has 2 aliphatic heterocycles.